The summed E-state index contributed by atoms with van der Waals surface area (Å²) in [4.78, 5) is 10.9. The number of carboxylic acid groups (broad SMARTS) is 1. The molecule has 1 heterocycles. The van der Waals surface area contributed by atoms with E-state index >= 15 is 0 Å². The van der Waals surface area contributed by atoms with Crippen LogP contribution in [0.2, 0.25) is 0 Å². The fourth-order valence-corrected chi connectivity index (χ4v) is 5.89. The number of hydrogen-bond donors (Lipinski definition) is 3. The average Bonchev–Trinajstić information content (AvgIpc) is 3.14. The Balaban J connectivity index is 2.25. The van der Waals surface area contributed by atoms with Crippen molar-refractivity contribution in [3.05, 3.63) is 65.9 Å². The smallest absolute Gasteiger partial charge is 0.305 e. The van der Waals surface area contributed by atoms with Gasteiger partial charge in [0.25, 0.3) is 0 Å². The Kier molecular flexibility index (Phi) is 8.88. The van der Waals surface area contributed by atoms with Gasteiger partial charge in [0.2, 0.25) is 0 Å². The highest BCUT2D eigenvalue weighted by atomic mass is 32.2. The van der Waals surface area contributed by atoms with Crippen molar-refractivity contribution >= 4 is 15.8 Å². The fraction of sp³-hybridized carbons (Fsp3) is 0.370. The van der Waals surface area contributed by atoms with E-state index in [2.05, 4.69) is 0 Å². The van der Waals surface area contributed by atoms with Gasteiger partial charge in [0.15, 0.2) is 9.84 Å². The van der Waals surface area contributed by atoms with Crippen LogP contribution in [0.15, 0.2) is 53.4 Å². The summed E-state index contributed by atoms with van der Waals surface area (Å²) in [5.41, 5.74) is 2.27. The van der Waals surface area contributed by atoms with Crippen LogP contribution < -0.4 is 0 Å². The first-order valence-corrected chi connectivity index (χ1v) is 13.7. The Morgan fingerprint density at radius 1 is 0.919 bits per heavy atom. The van der Waals surface area contributed by atoms with E-state index < -0.39 is 46.1 Å². The fourth-order valence-electron chi connectivity index (χ4n) is 4.58. The molecule has 7 nitrogen and oxygen atoms in total. The van der Waals surface area contributed by atoms with Crippen LogP contribution in [0.3, 0.4) is 0 Å². The lowest BCUT2D eigenvalue weighted by Gasteiger charge is -2.20. The van der Waals surface area contributed by atoms with E-state index in [0.717, 1.165) is 6.26 Å². The standard InChI is InChI=1S/C27H31F2NO6S/c1-16(2)25-27(37(3,35)36)24(17-4-8-19(28)9-5-17)26(18-6-10-20(29)11-7-18)30(25)13-12-21(31)14-22(32)15-23(33)34/h4-11,16,21-22,31-32H,12-15H2,1-3H3,(H,33,34)/t21-,22-/m1/s1. The average molecular weight is 536 g/mol. The molecule has 0 aliphatic heterocycles. The monoisotopic (exact) mass is 535 g/mol. The number of aliphatic hydroxyl groups excluding tert-OH is 2. The highest BCUT2D eigenvalue weighted by Crippen LogP contribution is 2.44. The zero-order valence-electron chi connectivity index (χ0n) is 20.9. The molecule has 0 unspecified atom stereocenters. The third-order valence-electron chi connectivity index (χ3n) is 6.07. The van der Waals surface area contributed by atoms with Crippen LogP contribution in [0.25, 0.3) is 22.4 Å². The summed E-state index contributed by atoms with van der Waals surface area (Å²) in [6.45, 7) is 3.79. The van der Waals surface area contributed by atoms with Crippen LogP contribution in [-0.2, 0) is 21.2 Å². The zero-order chi connectivity index (χ0) is 27.5. The maximum absolute atomic E-state index is 13.8. The molecule has 3 N–H and O–H groups in total. The molecule has 2 aromatic carbocycles. The van der Waals surface area contributed by atoms with Gasteiger partial charge in [-0.25, -0.2) is 17.2 Å². The molecule has 0 saturated carbocycles. The van der Waals surface area contributed by atoms with Gasteiger partial charge in [0, 0.05) is 24.1 Å². The number of aromatic nitrogens is 1. The second-order valence-corrected chi connectivity index (χ2v) is 11.4. The molecule has 3 rings (SSSR count). The van der Waals surface area contributed by atoms with Crippen LogP contribution in [-0.4, -0.2) is 52.7 Å². The lowest BCUT2D eigenvalue weighted by molar-refractivity contribution is -0.139. The van der Waals surface area contributed by atoms with Crippen molar-refractivity contribution in [3.8, 4) is 22.4 Å². The molecule has 10 heteroatoms. The second-order valence-electron chi connectivity index (χ2n) is 9.46. The number of hydrogen-bond acceptors (Lipinski definition) is 5. The number of aliphatic carboxylic acids is 1. The highest BCUT2D eigenvalue weighted by Gasteiger charge is 2.32. The van der Waals surface area contributed by atoms with Crippen LogP contribution in [0.4, 0.5) is 8.78 Å². The number of carbonyl (C=O) groups is 1. The molecule has 0 fully saturated rings. The van der Waals surface area contributed by atoms with Gasteiger partial charge in [-0.2, -0.15) is 0 Å². The minimum atomic E-state index is -3.81. The molecule has 1 aromatic heterocycles. The van der Waals surface area contributed by atoms with E-state index in [4.69, 9.17) is 5.11 Å². The first-order chi connectivity index (χ1) is 17.3. The molecule has 2 atom stereocenters. The Morgan fingerprint density at radius 3 is 1.89 bits per heavy atom. The summed E-state index contributed by atoms with van der Waals surface area (Å²) in [5, 5.41) is 29.3. The maximum atomic E-state index is 13.8. The Morgan fingerprint density at radius 2 is 1.43 bits per heavy atom. The molecule has 0 amide bonds. The molecule has 200 valence electrons. The predicted molar refractivity (Wildman–Crippen MR) is 136 cm³/mol. The summed E-state index contributed by atoms with van der Waals surface area (Å²) >= 11 is 0. The van der Waals surface area contributed by atoms with Crippen molar-refractivity contribution in [2.75, 3.05) is 6.26 Å². The van der Waals surface area contributed by atoms with Gasteiger partial charge in [-0.1, -0.05) is 26.0 Å². The summed E-state index contributed by atoms with van der Waals surface area (Å²) in [6, 6.07) is 11.0. The Hall–Kier alpha value is -3.08. The molecule has 0 radical (unpaired) electrons. The summed E-state index contributed by atoms with van der Waals surface area (Å²) in [6.07, 6.45) is -1.79. The quantitative estimate of drug-likeness (QED) is 0.330. The van der Waals surface area contributed by atoms with Gasteiger partial charge in [-0.05, 0) is 66.3 Å². The number of nitrogens with zero attached hydrogens (tertiary/aromatic N) is 1. The van der Waals surface area contributed by atoms with E-state index in [-0.39, 0.29) is 30.2 Å². The van der Waals surface area contributed by atoms with E-state index in [1.165, 1.54) is 48.5 Å². The lowest BCUT2D eigenvalue weighted by Crippen LogP contribution is -2.22. The molecule has 37 heavy (non-hydrogen) atoms. The molecule has 3 aromatic rings. The van der Waals surface area contributed by atoms with E-state index in [1.807, 2.05) is 13.8 Å². The first kappa shape index (κ1) is 28.5. The topological polar surface area (TPSA) is 117 Å². The maximum Gasteiger partial charge on any atom is 0.305 e. The highest BCUT2D eigenvalue weighted by molar-refractivity contribution is 7.91. The number of halogens is 2. The normalized spacial score (nSPS) is 13.6. The summed E-state index contributed by atoms with van der Waals surface area (Å²) in [5.74, 6) is -2.43. The second kappa shape index (κ2) is 11.5. The third-order valence-corrected chi connectivity index (χ3v) is 7.22. The van der Waals surface area contributed by atoms with Gasteiger partial charge in [0.05, 0.1) is 29.2 Å². The van der Waals surface area contributed by atoms with E-state index in [9.17, 15) is 32.2 Å². The molecule has 0 aliphatic carbocycles. The minimum Gasteiger partial charge on any atom is -0.481 e. The van der Waals surface area contributed by atoms with Gasteiger partial charge in [0.1, 0.15) is 11.6 Å². The largest absolute Gasteiger partial charge is 0.481 e. The SMILES string of the molecule is CC(C)c1c(S(C)(=O)=O)c(-c2ccc(F)cc2)c(-c2ccc(F)cc2)n1CC[C@@H](O)C[C@@H](O)CC(=O)O. The van der Waals surface area contributed by atoms with Gasteiger partial charge in [-0.15, -0.1) is 0 Å². The van der Waals surface area contributed by atoms with E-state index in [0.29, 0.717) is 28.1 Å². The minimum absolute atomic E-state index is 0.0637. The Bertz CT molecular complexity index is 1350. The van der Waals surface area contributed by atoms with Crippen molar-refractivity contribution in [1.82, 2.24) is 4.57 Å². The number of aliphatic hydroxyl groups is 2. The predicted octanol–water partition coefficient (Wildman–Crippen LogP) is 4.60. The summed E-state index contributed by atoms with van der Waals surface area (Å²) < 4.78 is 55.7. The number of benzene rings is 2. The molecule has 0 saturated heterocycles. The van der Waals surface area contributed by atoms with Crippen LogP contribution >= 0.6 is 0 Å². The lowest BCUT2D eigenvalue weighted by atomic mass is 10.00. The van der Waals surface area contributed by atoms with Crippen LogP contribution in [0, 0.1) is 11.6 Å². The van der Waals surface area contributed by atoms with Crippen molar-refractivity contribution in [2.45, 2.75) is 62.7 Å². The number of rotatable bonds is 11. The van der Waals surface area contributed by atoms with Crippen molar-refractivity contribution in [2.24, 2.45) is 0 Å². The summed E-state index contributed by atoms with van der Waals surface area (Å²) in [7, 11) is -3.81. The molecule has 0 aliphatic rings. The Labute approximate surface area is 214 Å². The molecular weight excluding hydrogens is 504 g/mol. The third kappa shape index (κ3) is 6.82. The van der Waals surface area contributed by atoms with Crippen molar-refractivity contribution in [1.29, 1.82) is 0 Å². The van der Waals surface area contributed by atoms with E-state index in [1.54, 1.807) is 4.57 Å². The molecule has 0 bridgehead atoms. The van der Waals surface area contributed by atoms with Crippen molar-refractivity contribution in [3.63, 3.8) is 0 Å². The van der Waals surface area contributed by atoms with Crippen LogP contribution in [0.5, 0.6) is 0 Å². The molecule has 0 spiro atoms. The number of carboxylic acids is 1. The van der Waals surface area contributed by atoms with Crippen molar-refractivity contribution < 1.29 is 37.3 Å². The van der Waals surface area contributed by atoms with Gasteiger partial charge in [-0.3, -0.25) is 4.79 Å². The molecular formula is C27H31F2NO6S. The van der Waals surface area contributed by atoms with Gasteiger partial charge >= 0.3 is 5.97 Å². The number of sulfone groups is 1. The first-order valence-electron chi connectivity index (χ1n) is 11.9. The zero-order valence-corrected chi connectivity index (χ0v) is 21.7. The van der Waals surface area contributed by atoms with Gasteiger partial charge < -0.3 is 19.9 Å². The van der Waals surface area contributed by atoms with Crippen LogP contribution in [0.1, 0.15) is 44.7 Å².